The van der Waals surface area contributed by atoms with Gasteiger partial charge in [-0.3, -0.25) is 4.79 Å². The molecule has 0 atom stereocenters. The van der Waals surface area contributed by atoms with Gasteiger partial charge in [-0.25, -0.2) is 0 Å². The molecule has 1 aliphatic rings. The third-order valence-electron chi connectivity index (χ3n) is 2.94. The Hall–Kier alpha value is -1.32. The highest BCUT2D eigenvalue weighted by Crippen LogP contribution is 2.17. The average molecular weight is 266 g/mol. The minimum Gasteiger partial charge on any atom is -0.378 e. The number of amides is 1. The molecule has 2 rings (SSSR count). The maximum absolute atomic E-state index is 11.9. The van der Waals surface area contributed by atoms with E-state index in [1.807, 2.05) is 25.1 Å². The lowest BCUT2D eigenvalue weighted by molar-refractivity contribution is -0.129. The van der Waals surface area contributed by atoms with Crippen molar-refractivity contribution in [2.24, 2.45) is 0 Å². The van der Waals surface area contributed by atoms with E-state index in [0.29, 0.717) is 26.3 Å². The highest BCUT2D eigenvalue weighted by atomic mass is 35.5. The Morgan fingerprint density at radius 1 is 1.39 bits per heavy atom. The molecule has 0 N–H and O–H groups in total. The van der Waals surface area contributed by atoms with Gasteiger partial charge in [-0.05, 0) is 30.2 Å². The molecule has 0 aromatic heterocycles. The normalized spacial score (nSPS) is 16.2. The predicted octanol–water partition coefficient (Wildman–Crippen LogP) is 2.52. The summed E-state index contributed by atoms with van der Waals surface area (Å²) in [5.41, 5.74) is 1.97. The summed E-state index contributed by atoms with van der Waals surface area (Å²) in [6, 6.07) is 5.76. The Morgan fingerprint density at radius 2 is 2.11 bits per heavy atom. The summed E-state index contributed by atoms with van der Waals surface area (Å²) in [6.45, 7) is 4.52. The summed E-state index contributed by atoms with van der Waals surface area (Å²) < 4.78 is 5.21. The van der Waals surface area contributed by atoms with E-state index in [1.54, 1.807) is 17.1 Å². The van der Waals surface area contributed by atoms with Crippen LogP contribution in [0, 0.1) is 6.92 Å². The number of carbonyl (C=O) groups is 1. The molecule has 18 heavy (non-hydrogen) atoms. The van der Waals surface area contributed by atoms with Crippen LogP contribution in [-0.4, -0.2) is 37.1 Å². The van der Waals surface area contributed by atoms with E-state index in [4.69, 9.17) is 16.3 Å². The van der Waals surface area contributed by atoms with Crippen molar-refractivity contribution < 1.29 is 9.53 Å². The van der Waals surface area contributed by atoms with Crippen LogP contribution in [0.15, 0.2) is 24.3 Å². The molecule has 1 fully saturated rings. The van der Waals surface area contributed by atoms with Crippen LogP contribution in [0.5, 0.6) is 0 Å². The first kappa shape index (κ1) is 13.1. The van der Waals surface area contributed by atoms with Crippen molar-refractivity contribution in [1.82, 2.24) is 4.90 Å². The van der Waals surface area contributed by atoms with Gasteiger partial charge in [0.2, 0.25) is 5.91 Å². The Morgan fingerprint density at radius 3 is 2.78 bits per heavy atom. The molecule has 1 heterocycles. The lowest BCUT2D eigenvalue weighted by atomic mass is 10.1. The summed E-state index contributed by atoms with van der Waals surface area (Å²) >= 11 is 6.03. The summed E-state index contributed by atoms with van der Waals surface area (Å²) in [5.74, 6) is 0.0231. The zero-order valence-corrected chi connectivity index (χ0v) is 11.1. The molecule has 0 radical (unpaired) electrons. The maximum atomic E-state index is 11.9. The van der Waals surface area contributed by atoms with Crippen LogP contribution >= 0.6 is 11.6 Å². The van der Waals surface area contributed by atoms with E-state index in [2.05, 4.69) is 0 Å². The average Bonchev–Trinajstić information content (AvgIpc) is 2.41. The van der Waals surface area contributed by atoms with Crippen molar-refractivity contribution in [2.75, 3.05) is 26.3 Å². The third-order valence-corrected chi connectivity index (χ3v) is 3.34. The molecular weight excluding hydrogens is 250 g/mol. The molecule has 96 valence electrons. The smallest absolute Gasteiger partial charge is 0.246 e. The second-order valence-corrected chi connectivity index (χ2v) is 4.69. The fraction of sp³-hybridized carbons (Fsp3) is 0.357. The molecule has 1 amide bonds. The molecule has 1 aliphatic heterocycles. The van der Waals surface area contributed by atoms with Gasteiger partial charge in [0.05, 0.1) is 13.2 Å². The molecule has 4 heteroatoms. The number of benzene rings is 1. The number of rotatable bonds is 2. The largest absolute Gasteiger partial charge is 0.378 e. The highest BCUT2D eigenvalue weighted by molar-refractivity contribution is 6.31. The number of halogens is 1. The van der Waals surface area contributed by atoms with Gasteiger partial charge < -0.3 is 9.64 Å². The standard InChI is InChI=1S/C14H16ClNO2/c1-11-2-3-12(10-13(11)15)4-5-14(17)16-6-8-18-9-7-16/h2-5,10H,6-9H2,1H3. The highest BCUT2D eigenvalue weighted by Gasteiger charge is 2.13. The van der Waals surface area contributed by atoms with E-state index in [1.165, 1.54) is 0 Å². The van der Waals surface area contributed by atoms with Gasteiger partial charge in [0.1, 0.15) is 0 Å². The number of nitrogens with zero attached hydrogens (tertiary/aromatic N) is 1. The number of morpholine rings is 1. The summed E-state index contributed by atoms with van der Waals surface area (Å²) in [7, 11) is 0. The molecule has 0 spiro atoms. The first-order valence-electron chi connectivity index (χ1n) is 5.98. The van der Waals surface area contributed by atoms with Crippen molar-refractivity contribution in [3.8, 4) is 0 Å². The molecule has 0 aliphatic carbocycles. The van der Waals surface area contributed by atoms with Crippen LogP contribution < -0.4 is 0 Å². The SMILES string of the molecule is Cc1ccc(C=CC(=O)N2CCOCC2)cc1Cl. The fourth-order valence-corrected chi connectivity index (χ4v) is 1.96. The van der Waals surface area contributed by atoms with E-state index >= 15 is 0 Å². The van der Waals surface area contributed by atoms with Gasteiger partial charge in [0.15, 0.2) is 0 Å². The molecule has 1 saturated heterocycles. The number of hydrogen-bond donors (Lipinski definition) is 0. The monoisotopic (exact) mass is 265 g/mol. The molecule has 0 saturated carbocycles. The van der Waals surface area contributed by atoms with Crippen LogP contribution in [0.25, 0.3) is 6.08 Å². The van der Waals surface area contributed by atoms with Gasteiger partial charge in [0, 0.05) is 24.2 Å². The van der Waals surface area contributed by atoms with E-state index < -0.39 is 0 Å². The van der Waals surface area contributed by atoms with E-state index in [0.717, 1.165) is 16.1 Å². The summed E-state index contributed by atoms with van der Waals surface area (Å²) in [4.78, 5) is 13.7. The van der Waals surface area contributed by atoms with Crippen molar-refractivity contribution in [3.05, 3.63) is 40.4 Å². The minimum atomic E-state index is 0.0231. The third kappa shape index (κ3) is 3.34. The summed E-state index contributed by atoms with van der Waals surface area (Å²) in [6.07, 6.45) is 3.38. The zero-order chi connectivity index (χ0) is 13.0. The number of hydrogen-bond acceptors (Lipinski definition) is 2. The number of carbonyl (C=O) groups excluding carboxylic acids is 1. The van der Waals surface area contributed by atoms with Crippen LogP contribution in [0.2, 0.25) is 5.02 Å². The Labute approximate surface area is 112 Å². The summed E-state index contributed by atoms with van der Waals surface area (Å²) in [5, 5.41) is 0.718. The van der Waals surface area contributed by atoms with Gasteiger partial charge in [0.25, 0.3) is 0 Å². The van der Waals surface area contributed by atoms with Crippen LogP contribution in [-0.2, 0) is 9.53 Å². The van der Waals surface area contributed by atoms with Gasteiger partial charge in [-0.15, -0.1) is 0 Å². The van der Waals surface area contributed by atoms with Crippen molar-refractivity contribution in [3.63, 3.8) is 0 Å². The topological polar surface area (TPSA) is 29.5 Å². The lowest BCUT2D eigenvalue weighted by Gasteiger charge is -2.25. The van der Waals surface area contributed by atoms with Gasteiger partial charge >= 0.3 is 0 Å². The van der Waals surface area contributed by atoms with Crippen molar-refractivity contribution in [2.45, 2.75) is 6.92 Å². The molecule has 1 aromatic carbocycles. The minimum absolute atomic E-state index is 0.0231. The van der Waals surface area contributed by atoms with Crippen LogP contribution in [0.4, 0.5) is 0 Å². The number of aryl methyl sites for hydroxylation is 1. The predicted molar refractivity (Wildman–Crippen MR) is 72.6 cm³/mol. The first-order valence-corrected chi connectivity index (χ1v) is 6.35. The second-order valence-electron chi connectivity index (χ2n) is 4.28. The van der Waals surface area contributed by atoms with Gasteiger partial charge in [-0.2, -0.15) is 0 Å². The molecule has 3 nitrogen and oxygen atoms in total. The Balaban J connectivity index is 2.01. The van der Waals surface area contributed by atoms with E-state index in [9.17, 15) is 4.79 Å². The van der Waals surface area contributed by atoms with Crippen molar-refractivity contribution >= 4 is 23.6 Å². The van der Waals surface area contributed by atoms with E-state index in [-0.39, 0.29) is 5.91 Å². The fourth-order valence-electron chi connectivity index (χ4n) is 1.77. The molecule has 0 unspecified atom stereocenters. The quantitative estimate of drug-likeness (QED) is 0.769. The van der Waals surface area contributed by atoms with Crippen LogP contribution in [0.1, 0.15) is 11.1 Å². The maximum Gasteiger partial charge on any atom is 0.246 e. The van der Waals surface area contributed by atoms with Crippen molar-refractivity contribution in [1.29, 1.82) is 0 Å². The second kappa shape index (κ2) is 6.03. The Bertz CT molecular complexity index is 465. The van der Waals surface area contributed by atoms with Gasteiger partial charge in [-0.1, -0.05) is 23.7 Å². The molecule has 0 bridgehead atoms. The van der Waals surface area contributed by atoms with Crippen LogP contribution in [0.3, 0.4) is 0 Å². The zero-order valence-electron chi connectivity index (χ0n) is 10.4. The number of ether oxygens (including phenoxy) is 1. The molecule has 1 aromatic rings. The Kier molecular flexibility index (Phi) is 4.39. The molecular formula is C14H16ClNO2. The lowest BCUT2D eigenvalue weighted by Crippen LogP contribution is -2.39. The first-order chi connectivity index (χ1) is 8.66.